The van der Waals surface area contributed by atoms with Crippen molar-refractivity contribution in [2.75, 3.05) is 26.2 Å². The van der Waals surface area contributed by atoms with E-state index in [4.69, 9.17) is 0 Å². The molecule has 3 nitrogen and oxygen atoms in total. The SMILES string of the molecule is Cl.O=C(CCC1CCNC1)N1CCC(Cc2cccc(F)c2)CC1. The second-order valence-electron chi connectivity index (χ2n) is 7.06. The highest BCUT2D eigenvalue weighted by molar-refractivity contribution is 5.85. The Kier molecular flexibility index (Phi) is 7.50. The summed E-state index contributed by atoms with van der Waals surface area (Å²) in [5.41, 5.74) is 1.07. The average Bonchev–Trinajstić information content (AvgIpc) is 3.07. The Morgan fingerprint density at radius 3 is 2.67 bits per heavy atom. The predicted octanol–water partition coefficient (Wildman–Crippen LogP) is 3.42. The zero-order chi connectivity index (χ0) is 16.1. The molecule has 0 spiro atoms. The van der Waals surface area contributed by atoms with E-state index in [1.54, 1.807) is 12.1 Å². The van der Waals surface area contributed by atoms with Gasteiger partial charge < -0.3 is 10.2 Å². The number of benzene rings is 1. The fraction of sp³-hybridized carbons (Fsp3) is 0.632. The van der Waals surface area contributed by atoms with Gasteiger partial charge in [0.2, 0.25) is 5.91 Å². The highest BCUT2D eigenvalue weighted by Crippen LogP contribution is 2.23. The highest BCUT2D eigenvalue weighted by Gasteiger charge is 2.24. The maximum Gasteiger partial charge on any atom is 0.222 e. The summed E-state index contributed by atoms with van der Waals surface area (Å²) in [5, 5.41) is 3.36. The van der Waals surface area contributed by atoms with Gasteiger partial charge in [-0.3, -0.25) is 4.79 Å². The second kappa shape index (κ2) is 9.38. The molecule has 134 valence electrons. The molecule has 2 aliphatic rings. The van der Waals surface area contributed by atoms with Crippen LogP contribution in [-0.4, -0.2) is 37.0 Å². The summed E-state index contributed by atoms with van der Waals surface area (Å²) in [6, 6.07) is 6.90. The predicted molar refractivity (Wildman–Crippen MR) is 96.9 cm³/mol. The van der Waals surface area contributed by atoms with Crippen molar-refractivity contribution in [3.63, 3.8) is 0 Å². The number of nitrogens with zero attached hydrogens (tertiary/aromatic N) is 1. The van der Waals surface area contributed by atoms with E-state index in [0.29, 0.717) is 24.2 Å². The molecule has 1 aromatic rings. The number of hydrogen-bond acceptors (Lipinski definition) is 2. The molecule has 1 atom stereocenters. The molecule has 0 aromatic heterocycles. The lowest BCUT2D eigenvalue weighted by Gasteiger charge is -2.32. The van der Waals surface area contributed by atoms with Crippen LogP contribution in [0.2, 0.25) is 0 Å². The Hall–Kier alpha value is -1.13. The van der Waals surface area contributed by atoms with Crippen molar-refractivity contribution in [1.29, 1.82) is 0 Å². The first kappa shape index (κ1) is 19.2. The molecule has 0 radical (unpaired) electrons. The number of halogens is 2. The molecule has 0 saturated carbocycles. The monoisotopic (exact) mass is 354 g/mol. The maximum absolute atomic E-state index is 13.2. The van der Waals surface area contributed by atoms with Gasteiger partial charge in [-0.05, 0) is 74.7 Å². The smallest absolute Gasteiger partial charge is 0.222 e. The Morgan fingerprint density at radius 2 is 2.00 bits per heavy atom. The molecule has 24 heavy (non-hydrogen) atoms. The normalized spacial score (nSPS) is 21.5. The summed E-state index contributed by atoms with van der Waals surface area (Å²) in [4.78, 5) is 14.4. The van der Waals surface area contributed by atoms with E-state index in [1.165, 1.54) is 12.5 Å². The van der Waals surface area contributed by atoms with E-state index in [-0.39, 0.29) is 18.2 Å². The van der Waals surface area contributed by atoms with E-state index < -0.39 is 0 Å². The molecule has 5 heteroatoms. The molecular formula is C19H28ClFN2O. The first-order chi connectivity index (χ1) is 11.2. The van der Waals surface area contributed by atoms with Crippen LogP contribution in [0.25, 0.3) is 0 Å². The van der Waals surface area contributed by atoms with Crippen LogP contribution >= 0.6 is 12.4 Å². The molecule has 2 saturated heterocycles. The highest BCUT2D eigenvalue weighted by atomic mass is 35.5. The summed E-state index contributed by atoms with van der Waals surface area (Å²) in [5.74, 6) is 1.42. The molecule has 0 bridgehead atoms. The van der Waals surface area contributed by atoms with Crippen molar-refractivity contribution < 1.29 is 9.18 Å². The molecule has 2 heterocycles. The number of nitrogens with one attached hydrogen (secondary N) is 1. The zero-order valence-corrected chi connectivity index (χ0v) is 15.0. The number of carbonyl (C=O) groups is 1. The fourth-order valence-corrected chi connectivity index (χ4v) is 3.83. The molecule has 3 rings (SSSR count). The van der Waals surface area contributed by atoms with Crippen LogP contribution in [0.3, 0.4) is 0 Å². The summed E-state index contributed by atoms with van der Waals surface area (Å²) in [7, 11) is 0. The van der Waals surface area contributed by atoms with E-state index in [0.717, 1.165) is 57.4 Å². The standard InChI is InChI=1S/C19H27FN2O.ClH/c20-18-3-1-2-17(13-18)12-15-7-10-22(11-8-15)19(23)5-4-16-6-9-21-14-16;/h1-3,13,15-16,21H,4-12,14H2;1H. The minimum absolute atomic E-state index is 0. The van der Waals surface area contributed by atoms with Gasteiger partial charge in [0.15, 0.2) is 0 Å². The van der Waals surface area contributed by atoms with Gasteiger partial charge in [0, 0.05) is 19.5 Å². The number of carbonyl (C=O) groups excluding carboxylic acids is 1. The minimum Gasteiger partial charge on any atom is -0.343 e. The Bertz CT molecular complexity index is 526. The van der Waals surface area contributed by atoms with Crippen molar-refractivity contribution in [2.45, 2.75) is 38.5 Å². The van der Waals surface area contributed by atoms with Gasteiger partial charge in [0.1, 0.15) is 5.82 Å². The maximum atomic E-state index is 13.2. The zero-order valence-electron chi connectivity index (χ0n) is 14.2. The minimum atomic E-state index is -0.156. The summed E-state index contributed by atoms with van der Waals surface area (Å²) in [6.45, 7) is 3.90. The van der Waals surface area contributed by atoms with E-state index in [9.17, 15) is 9.18 Å². The van der Waals surface area contributed by atoms with Gasteiger partial charge in [-0.15, -0.1) is 12.4 Å². The third-order valence-corrected chi connectivity index (χ3v) is 5.31. The number of likely N-dealkylation sites (tertiary alicyclic amines) is 1. The summed E-state index contributed by atoms with van der Waals surface area (Å²) < 4.78 is 13.2. The molecule has 0 aliphatic carbocycles. The van der Waals surface area contributed by atoms with Gasteiger partial charge in [-0.1, -0.05) is 12.1 Å². The molecule has 1 unspecified atom stereocenters. The molecule has 1 N–H and O–H groups in total. The van der Waals surface area contributed by atoms with Crippen molar-refractivity contribution in [3.05, 3.63) is 35.6 Å². The van der Waals surface area contributed by atoms with Crippen molar-refractivity contribution in [3.8, 4) is 0 Å². The topological polar surface area (TPSA) is 32.3 Å². The summed E-state index contributed by atoms with van der Waals surface area (Å²) in [6.07, 6.45) is 5.92. The van der Waals surface area contributed by atoms with Crippen molar-refractivity contribution >= 4 is 18.3 Å². The Labute approximate surface area is 150 Å². The average molecular weight is 355 g/mol. The first-order valence-electron chi connectivity index (χ1n) is 8.93. The van der Waals surface area contributed by atoms with Crippen molar-refractivity contribution in [2.24, 2.45) is 11.8 Å². The molecular weight excluding hydrogens is 327 g/mol. The van der Waals surface area contributed by atoms with E-state index >= 15 is 0 Å². The molecule has 1 aromatic carbocycles. The van der Waals surface area contributed by atoms with E-state index in [1.807, 2.05) is 11.0 Å². The summed E-state index contributed by atoms with van der Waals surface area (Å²) >= 11 is 0. The van der Waals surface area contributed by atoms with Gasteiger partial charge in [0.05, 0.1) is 0 Å². The third-order valence-electron chi connectivity index (χ3n) is 5.31. The van der Waals surface area contributed by atoms with Crippen LogP contribution in [0.1, 0.15) is 37.7 Å². The lowest BCUT2D eigenvalue weighted by atomic mass is 9.90. The molecule has 2 aliphatic heterocycles. The lowest BCUT2D eigenvalue weighted by molar-refractivity contribution is -0.132. The number of piperidine rings is 1. The Balaban J connectivity index is 0.00000208. The van der Waals surface area contributed by atoms with Gasteiger partial charge in [-0.2, -0.15) is 0 Å². The second-order valence-corrected chi connectivity index (χ2v) is 7.06. The first-order valence-corrected chi connectivity index (χ1v) is 8.93. The van der Waals surface area contributed by atoms with Crippen molar-refractivity contribution in [1.82, 2.24) is 10.2 Å². The molecule has 2 fully saturated rings. The van der Waals surface area contributed by atoms with Crippen LogP contribution in [-0.2, 0) is 11.2 Å². The number of hydrogen-bond donors (Lipinski definition) is 1. The quantitative estimate of drug-likeness (QED) is 0.878. The lowest BCUT2D eigenvalue weighted by Crippen LogP contribution is -2.39. The van der Waals surface area contributed by atoms with Crippen LogP contribution in [0.15, 0.2) is 24.3 Å². The van der Waals surface area contributed by atoms with Crippen LogP contribution in [0, 0.1) is 17.7 Å². The molecule has 1 amide bonds. The van der Waals surface area contributed by atoms with Crippen LogP contribution < -0.4 is 5.32 Å². The third kappa shape index (κ3) is 5.45. The van der Waals surface area contributed by atoms with Crippen LogP contribution in [0.4, 0.5) is 4.39 Å². The number of amides is 1. The fourth-order valence-electron chi connectivity index (χ4n) is 3.83. The van der Waals surface area contributed by atoms with Crippen LogP contribution in [0.5, 0.6) is 0 Å². The van der Waals surface area contributed by atoms with Gasteiger partial charge in [-0.25, -0.2) is 4.39 Å². The largest absolute Gasteiger partial charge is 0.343 e. The number of rotatable bonds is 5. The van der Waals surface area contributed by atoms with E-state index in [2.05, 4.69) is 5.32 Å². The Morgan fingerprint density at radius 1 is 1.21 bits per heavy atom. The van der Waals surface area contributed by atoms with Gasteiger partial charge >= 0.3 is 0 Å². The van der Waals surface area contributed by atoms with Gasteiger partial charge in [0.25, 0.3) is 0 Å².